The van der Waals surface area contributed by atoms with E-state index in [1.54, 1.807) is 36.4 Å². The molecule has 0 unspecified atom stereocenters. The van der Waals surface area contributed by atoms with Gasteiger partial charge in [0.15, 0.2) is 0 Å². The Kier molecular flexibility index (Phi) is 7.10. The van der Waals surface area contributed by atoms with E-state index in [1.165, 1.54) is 0 Å². The van der Waals surface area contributed by atoms with Gasteiger partial charge in [-0.1, -0.05) is 72.8 Å². The van der Waals surface area contributed by atoms with E-state index in [0.29, 0.717) is 45.3 Å². The molecular formula is C39H32N6O2. The number of carbonyl (C=O) groups is 2. The highest BCUT2D eigenvalue weighted by Crippen LogP contribution is 2.56. The summed E-state index contributed by atoms with van der Waals surface area (Å²) in [7, 11) is 0. The van der Waals surface area contributed by atoms with Crippen molar-refractivity contribution in [2.24, 2.45) is 0 Å². The SMILES string of the molecule is Nc1cc(N)cc(C(=O)Nc2ccc(C3(c4ccc(NC(=O)c5cc(N)cc(N)c5)cc4)c4ccccc4-c4ccccc43)cc2)c1. The van der Waals surface area contributed by atoms with E-state index < -0.39 is 5.41 Å². The molecule has 0 spiro atoms. The Hall–Kier alpha value is -6.54. The van der Waals surface area contributed by atoms with Crippen LogP contribution in [0.2, 0.25) is 0 Å². The number of nitrogens with two attached hydrogens (primary N) is 4. The van der Waals surface area contributed by atoms with E-state index in [4.69, 9.17) is 22.9 Å². The van der Waals surface area contributed by atoms with Crippen LogP contribution in [0.1, 0.15) is 43.0 Å². The first-order valence-corrected chi connectivity index (χ1v) is 15.1. The van der Waals surface area contributed by atoms with Gasteiger partial charge in [0.2, 0.25) is 0 Å². The maximum Gasteiger partial charge on any atom is 0.255 e. The molecule has 1 aliphatic rings. The highest BCUT2D eigenvalue weighted by molar-refractivity contribution is 6.06. The van der Waals surface area contributed by atoms with Crippen molar-refractivity contribution in [3.05, 3.63) is 167 Å². The van der Waals surface area contributed by atoms with Crippen LogP contribution < -0.4 is 33.6 Å². The van der Waals surface area contributed by atoms with Crippen molar-refractivity contribution in [3.8, 4) is 11.1 Å². The van der Waals surface area contributed by atoms with Crippen LogP contribution in [0.15, 0.2) is 133 Å². The number of hydrogen-bond donors (Lipinski definition) is 6. The molecule has 0 heterocycles. The Morgan fingerprint density at radius 1 is 0.447 bits per heavy atom. The van der Waals surface area contributed by atoms with Gasteiger partial charge >= 0.3 is 0 Å². The first-order valence-electron chi connectivity index (χ1n) is 15.1. The highest BCUT2D eigenvalue weighted by atomic mass is 16.2. The van der Waals surface area contributed by atoms with Crippen LogP contribution in [0.25, 0.3) is 11.1 Å². The molecule has 47 heavy (non-hydrogen) atoms. The average Bonchev–Trinajstić information content (AvgIpc) is 3.36. The van der Waals surface area contributed by atoms with E-state index >= 15 is 0 Å². The summed E-state index contributed by atoms with van der Waals surface area (Å²) in [6, 6.07) is 42.2. The largest absolute Gasteiger partial charge is 0.399 e. The van der Waals surface area contributed by atoms with E-state index in [-0.39, 0.29) is 11.8 Å². The summed E-state index contributed by atoms with van der Waals surface area (Å²) in [6.45, 7) is 0. The zero-order valence-electron chi connectivity index (χ0n) is 25.3. The van der Waals surface area contributed by atoms with Crippen LogP contribution in [0.3, 0.4) is 0 Å². The molecule has 0 atom stereocenters. The molecule has 0 radical (unpaired) electrons. The fraction of sp³-hybridized carbons (Fsp3) is 0.0256. The highest BCUT2D eigenvalue weighted by Gasteiger charge is 2.45. The van der Waals surface area contributed by atoms with E-state index in [2.05, 4.69) is 59.2 Å². The normalized spacial score (nSPS) is 12.5. The quantitative estimate of drug-likeness (QED) is 0.112. The lowest BCUT2D eigenvalue weighted by Gasteiger charge is -2.34. The molecule has 6 aromatic carbocycles. The van der Waals surface area contributed by atoms with E-state index in [0.717, 1.165) is 33.4 Å². The minimum Gasteiger partial charge on any atom is -0.399 e. The maximum absolute atomic E-state index is 13.0. The third kappa shape index (κ3) is 5.17. The molecule has 0 aliphatic heterocycles. The van der Waals surface area contributed by atoms with Gasteiger partial charge in [0, 0.05) is 45.3 Å². The van der Waals surface area contributed by atoms with Crippen LogP contribution in [0, 0.1) is 0 Å². The molecule has 7 rings (SSSR count). The number of hydrogen-bond acceptors (Lipinski definition) is 6. The first kappa shape index (κ1) is 29.2. The molecule has 6 aromatic rings. The van der Waals surface area contributed by atoms with Crippen molar-refractivity contribution >= 4 is 45.9 Å². The molecule has 0 saturated heterocycles. The van der Waals surface area contributed by atoms with Gasteiger partial charge in [-0.05, 0) is 94.0 Å². The molecule has 2 amide bonds. The van der Waals surface area contributed by atoms with Gasteiger partial charge in [-0.25, -0.2) is 0 Å². The van der Waals surface area contributed by atoms with Gasteiger partial charge in [0.25, 0.3) is 11.8 Å². The van der Waals surface area contributed by atoms with Crippen LogP contribution in [-0.2, 0) is 5.41 Å². The van der Waals surface area contributed by atoms with Gasteiger partial charge in [-0.2, -0.15) is 0 Å². The van der Waals surface area contributed by atoms with Crippen molar-refractivity contribution in [1.29, 1.82) is 0 Å². The second kappa shape index (κ2) is 11.4. The molecule has 8 heteroatoms. The summed E-state index contributed by atoms with van der Waals surface area (Å²) < 4.78 is 0. The van der Waals surface area contributed by atoms with Gasteiger partial charge in [0.1, 0.15) is 0 Å². The molecule has 10 N–H and O–H groups in total. The third-order valence-electron chi connectivity index (χ3n) is 8.58. The van der Waals surface area contributed by atoms with Gasteiger partial charge in [-0.3, -0.25) is 9.59 Å². The number of carbonyl (C=O) groups excluding carboxylic acids is 2. The minimum atomic E-state index is -0.664. The zero-order chi connectivity index (χ0) is 32.7. The van der Waals surface area contributed by atoms with Crippen LogP contribution in [0.4, 0.5) is 34.1 Å². The number of fused-ring (bicyclic) bond motifs is 3. The Bertz CT molecular complexity index is 1980. The maximum atomic E-state index is 13.0. The minimum absolute atomic E-state index is 0.304. The van der Waals surface area contributed by atoms with E-state index in [1.807, 2.05) is 48.5 Å². The summed E-state index contributed by atoms with van der Waals surface area (Å²) in [5, 5.41) is 5.92. The van der Waals surface area contributed by atoms with Crippen LogP contribution >= 0.6 is 0 Å². The fourth-order valence-electron chi connectivity index (χ4n) is 6.65. The van der Waals surface area contributed by atoms with Gasteiger partial charge in [-0.15, -0.1) is 0 Å². The third-order valence-corrected chi connectivity index (χ3v) is 8.58. The molecule has 8 nitrogen and oxygen atoms in total. The second-order valence-corrected chi connectivity index (χ2v) is 11.7. The average molecular weight is 617 g/mol. The zero-order valence-corrected chi connectivity index (χ0v) is 25.3. The van der Waals surface area contributed by atoms with Crippen molar-refractivity contribution < 1.29 is 9.59 Å². The predicted octanol–water partition coefficient (Wildman–Crippen LogP) is 6.88. The van der Waals surface area contributed by atoms with Crippen molar-refractivity contribution in [2.45, 2.75) is 5.41 Å². The molecule has 0 aromatic heterocycles. The smallest absolute Gasteiger partial charge is 0.255 e. The summed E-state index contributed by atoms with van der Waals surface area (Å²) in [4.78, 5) is 26.1. The van der Waals surface area contributed by atoms with Crippen molar-refractivity contribution in [2.75, 3.05) is 33.6 Å². The Morgan fingerprint density at radius 3 is 1.15 bits per heavy atom. The molecule has 1 aliphatic carbocycles. The summed E-state index contributed by atoms with van der Waals surface area (Å²) in [5.41, 5.74) is 33.3. The molecule has 0 saturated carbocycles. The number of nitrogens with one attached hydrogen (secondary N) is 2. The summed E-state index contributed by atoms with van der Waals surface area (Å²) in [5.74, 6) is -0.608. The number of rotatable bonds is 6. The number of benzene rings is 6. The predicted molar refractivity (Wildman–Crippen MR) is 190 cm³/mol. The van der Waals surface area contributed by atoms with Crippen molar-refractivity contribution in [1.82, 2.24) is 0 Å². The number of anilines is 6. The lowest BCUT2D eigenvalue weighted by atomic mass is 9.67. The number of amides is 2. The topological polar surface area (TPSA) is 162 Å². The molecule has 230 valence electrons. The summed E-state index contributed by atoms with van der Waals surface area (Å²) in [6.07, 6.45) is 0. The lowest BCUT2D eigenvalue weighted by Crippen LogP contribution is -2.28. The van der Waals surface area contributed by atoms with Crippen molar-refractivity contribution in [3.63, 3.8) is 0 Å². The van der Waals surface area contributed by atoms with Crippen LogP contribution in [0.5, 0.6) is 0 Å². The first-order chi connectivity index (χ1) is 22.7. The Morgan fingerprint density at radius 2 is 0.787 bits per heavy atom. The lowest BCUT2D eigenvalue weighted by molar-refractivity contribution is 0.101. The Labute approximate surface area is 272 Å². The second-order valence-electron chi connectivity index (χ2n) is 11.7. The summed E-state index contributed by atoms with van der Waals surface area (Å²) >= 11 is 0. The molecular weight excluding hydrogens is 584 g/mol. The molecule has 0 bridgehead atoms. The number of nitrogen functional groups attached to an aromatic ring is 4. The van der Waals surface area contributed by atoms with Crippen LogP contribution in [-0.4, -0.2) is 11.8 Å². The Balaban J connectivity index is 1.28. The monoisotopic (exact) mass is 616 g/mol. The van der Waals surface area contributed by atoms with E-state index in [9.17, 15) is 9.59 Å². The molecule has 0 fully saturated rings. The fourth-order valence-corrected chi connectivity index (χ4v) is 6.65. The standard InChI is InChI=1S/C39H32N6O2/c40-27-17-23(18-28(41)21-27)37(46)44-31-13-9-25(10-14-31)39(35-7-3-1-5-33(35)34-6-2-4-8-36(34)39)26-11-15-32(16-12-26)45-38(47)24-19-29(42)22-30(43)20-24/h1-22H,40-43H2,(H,44,46)(H,45,47). The van der Waals surface area contributed by atoms with Gasteiger partial charge < -0.3 is 33.6 Å². The van der Waals surface area contributed by atoms with Gasteiger partial charge in [0.05, 0.1) is 5.41 Å².